The highest BCUT2D eigenvalue weighted by Gasteiger charge is 2.16. The molecule has 2 N–H and O–H groups in total. The molecule has 0 spiro atoms. The first-order valence-electron chi connectivity index (χ1n) is 6.52. The van der Waals surface area contributed by atoms with Crippen molar-refractivity contribution in [1.29, 1.82) is 0 Å². The summed E-state index contributed by atoms with van der Waals surface area (Å²) >= 11 is 0. The Kier molecular flexibility index (Phi) is 5.39. The molecule has 0 radical (unpaired) electrons. The van der Waals surface area contributed by atoms with Crippen LogP contribution in [0.5, 0.6) is 0 Å². The summed E-state index contributed by atoms with van der Waals surface area (Å²) in [4.78, 5) is 11.7. The van der Waals surface area contributed by atoms with Crippen LogP contribution in [0.25, 0.3) is 0 Å². The van der Waals surface area contributed by atoms with Gasteiger partial charge in [0.15, 0.2) is 0 Å². The van der Waals surface area contributed by atoms with Crippen molar-refractivity contribution in [3.8, 4) is 0 Å². The molecule has 0 saturated carbocycles. The van der Waals surface area contributed by atoms with Crippen LogP contribution < -0.4 is 10.6 Å². The summed E-state index contributed by atoms with van der Waals surface area (Å²) in [5.41, 5.74) is 3.96. The van der Waals surface area contributed by atoms with Crippen molar-refractivity contribution in [2.24, 2.45) is 5.41 Å². The van der Waals surface area contributed by atoms with Crippen LogP contribution in [-0.4, -0.2) is 5.91 Å². The van der Waals surface area contributed by atoms with Crippen LogP contribution in [0, 0.1) is 5.41 Å². The molecule has 2 rings (SSSR count). The standard InChI is InChI=1S/C15H22N2O.ClH/c1-15(2,3)7-14(18)17-8-11-4-5-12-9-16-10-13(12)6-11;/h4-6,16H,7-10H2,1-3H3,(H,17,18);1H. The van der Waals surface area contributed by atoms with Gasteiger partial charge in [-0.05, 0) is 22.1 Å². The molecule has 1 aliphatic heterocycles. The van der Waals surface area contributed by atoms with Crippen molar-refractivity contribution >= 4 is 18.3 Å². The van der Waals surface area contributed by atoms with Gasteiger partial charge in [0.2, 0.25) is 5.91 Å². The minimum atomic E-state index is 0. The number of amides is 1. The summed E-state index contributed by atoms with van der Waals surface area (Å²) in [7, 11) is 0. The number of fused-ring (bicyclic) bond motifs is 1. The minimum Gasteiger partial charge on any atom is -0.352 e. The van der Waals surface area contributed by atoms with Crippen molar-refractivity contribution < 1.29 is 4.79 Å². The van der Waals surface area contributed by atoms with Gasteiger partial charge in [-0.3, -0.25) is 4.79 Å². The number of nitrogens with one attached hydrogen (secondary N) is 2. The highest BCUT2D eigenvalue weighted by atomic mass is 35.5. The average Bonchev–Trinajstić information content (AvgIpc) is 2.71. The smallest absolute Gasteiger partial charge is 0.220 e. The predicted molar refractivity (Wildman–Crippen MR) is 80.2 cm³/mol. The Bertz CT molecular complexity index is 452. The first-order chi connectivity index (χ1) is 8.44. The van der Waals surface area contributed by atoms with Crippen LogP contribution in [0.1, 0.15) is 43.9 Å². The van der Waals surface area contributed by atoms with Gasteiger partial charge < -0.3 is 10.6 Å². The van der Waals surface area contributed by atoms with Gasteiger partial charge >= 0.3 is 0 Å². The highest BCUT2D eigenvalue weighted by Crippen LogP contribution is 2.19. The maximum Gasteiger partial charge on any atom is 0.220 e. The van der Waals surface area contributed by atoms with E-state index in [9.17, 15) is 4.79 Å². The van der Waals surface area contributed by atoms with Gasteiger partial charge in [-0.2, -0.15) is 0 Å². The molecule has 0 atom stereocenters. The Morgan fingerprint density at radius 1 is 1.26 bits per heavy atom. The van der Waals surface area contributed by atoms with Crippen LogP contribution in [0.2, 0.25) is 0 Å². The summed E-state index contributed by atoms with van der Waals surface area (Å²) < 4.78 is 0. The summed E-state index contributed by atoms with van der Waals surface area (Å²) in [6.45, 7) is 8.77. The Morgan fingerprint density at radius 3 is 2.63 bits per heavy atom. The number of halogens is 1. The van der Waals surface area contributed by atoms with E-state index in [-0.39, 0.29) is 23.7 Å². The van der Waals surface area contributed by atoms with E-state index in [4.69, 9.17) is 0 Å². The zero-order valence-corrected chi connectivity index (χ0v) is 12.7. The Hall–Kier alpha value is -1.06. The first kappa shape index (κ1) is 16.0. The van der Waals surface area contributed by atoms with Crippen molar-refractivity contribution in [2.45, 2.75) is 46.8 Å². The molecule has 106 valence electrons. The molecule has 1 heterocycles. The van der Waals surface area contributed by atoms with E-state index in [0.717, 1.165) is 13.1 Å². The quantitative estimate of drug-likeness (QED) is 0.895. The lowest BCUT2D eigenvalue weighted by Gasteiger charge is -2.17. The SMILES string of the molecule is CC(C)(C)CC(=O)NCc1ccc2c(c1)CNC2.Cl. The van der Waals surface area contributed by atoms with E-state index < -0.39 is 0 Å². The largest absolute Gasteiger partial charge is 0.352 e. The fourth-order valence-electron chi connectivity index (χ4n) is 2.20. The molecule has 19 heavy (non-hydrogen) atoms. The van der Waals surface area contributed by atoms with E-state index in [2.05, 4.69) is 49.6 Å². The van der Waals surface area contributed by atoms with E-state index in [0.29, 0.717) is 13.0 Å². The number of benzene rings is 1. The van der Waals surface area contributed by atoms with Gasteiger partial charge in [-0.25, -0.2) is 0 Å². The second-order valence-electron chi connectivity index (χ2n) is 6.22. The van der Waals surface area contributed by atoms with Gasteiger partial charge in [-0.1, -0.05) is 39.0 Å². The maximum absolute atomic E-state index is 11.7. The molecule has 1 amide bonds. The topological polar surface area (TPSA) is 41.1 Å². The summed E-state index contributed by atoms with van der Waals surface area (Å²) in [5, 5.41) is 6.31. The van der Waals surface area contributed by atoms with Gasteiger partial charge in [0, 0.05) is 26.1 Å². The summed E-state index contributed by atoms with van der Waals surface area (Å²) in [5.74, 6) is 0.126. The number of hydrogen-bond donors (Lipinski definition) is 2. The predicted octanol–water partition coefficient (Wildman–Crippen LogP) is 2.76. The number of carbonyl (C=O) groups is 1. The van der Waals surface area contributed by atoms with E-state index >= 15 is 0 Å². The maximum atomic E-state index is 11.7. The van der Waals surface area contributed by atoms with E-state index in [1.165, 1.54) is 16.7 Å². The van der Waals surface area contributed by atoms with Crippen LogP contribution in [0.15, 0.2) is 18.2 Å². The van der Waals surface area contributed by atoms with Crippen molar-refractivity contribution in [2.75, 3.05) is 0 Å². The van der Waals surface area contributed by atoms with Gasteiger partial charge in [0.25, 0.3) is 0 Å². The Balaban J connectivity index is 0.00000180. The molecule has 0 fully saturated rings. The molecule has 0 aliphatic carbocycles. The summed E-state index contributed by atoms with van der Waals surface area (Å²) in [6, 6.07) is 6.44. The third-order valence-electron chi connectivity index (χ3n) is 3.08. The van der Waals surface area contributed by atoms with Crippen LogP contribution in [-0.2, 0) is 24.4 Å². The zero-order valence-electron chi connectivity index (χ0n) is 11.9. The second kappa shape index (κ2) is 6.40. The number of rotatable bonds is 3. The second-order valence-corrected chi connectivity index (χ2v) is 6.22. The lowest BCUT2D eigenvalue weighted by Crippen LogP contribution is -2.27. The normalized spacial score (nSPS) is 13.6. The number of hydrogen-bond acceptors (Lipinski definition) is 2. The molecule has 0 bridgehead atoms. The summed E-state index contributed by atoms with van der Waals surface area (Å²) in [6.07, 6.45) is 0.569. The van der Waals surface area contributed by atoms with Crippen LogP contribution in [0.3, 0.4) is 0 Å². The molecule has 1 aliphatic rings. The average molecular weight is 283 g/mol. The first-order valence-corrected chi connectivity index (χ1v) is 6.52. The molecular weight excluding hydrogens is 260 g/mol. The fraction of sp³-hybridized carbons (Fsp3) is 0.533. The number of carbonyl (C=O) groups excluding carboxylic acids is 1. The Labute approximate surface area is 121 Å². The molecule has 3 nitrogen and oxygen atoms in total. The van der Waals surface area contributed by atoms with Crippen LogP contribution in [0.4, 0.5) is 0 Å². The van der Waals surface area contributed by atoms with Gasteiger partial charge in [0.05, 0.1) is 0 Å². The lowest BCUT2D eigenvalue weighted by molar-refractivity contribution is -0.122. The van der Waals surface area contributed by atoms with E-state index in [1.807, 2.05) is 0 Å². The van der Waals surface area contributed by atoms with Crippen LogP contribution >= 0.6 is 12.4 Å². The van der Waals surface area contributed by atoms with Crippen molar-refractivity contribution in [3.05, 3.63) is 34.9 Å². The monoisotopic (exact) mass is 282 g/mol. The molecule has 0 saturated heterocycles. The molecule has 0 unspecified atom stereocenters. The van der Waals surface area contributed by atoms with Gasteiger partial charge in [0.1, 0.15) is 0 Å². The molecular formula is C15H23ClN2O. The molecule has 0 aromatic heterocycles. The zero-order chi connectivity index (χ0) is 13.2. The molecule has 1 aromatic rings. The van der Waals surface area contributed by atoms with Crippen molar-refractivity contribution in [1.82, 2.24) is 10.6 Å². The highest BCUT2D eigenvalue weighted by molar-refractivity contribution is 5.85. The van der Waals surface area contributed by atoms with Gasteiger partial charge in [-0.15, -0.1) is 12.4 Å². The Morgan fingerprint density at radius 2 is 1.95 bits per heavy atom. The third-order valence-corrected chi connectivity index (χ3v) is 3.08. The van der Waals surface area contributed by atoms with Crippen molar-refractivity contribution in [3.63, 3.8) is 0 Å². The van der Waals surface area contributed by atoms with E-state index in [1.54, 1.807) is 0 Å². The third kappa shape index (κ3) is 4.84. The molecule has 1 aromatic carbocycles. The minimum absolute atomic E-state index is 0. The fourth-order valence-corrected chi connectivity index (χ4v) is 2.20. The lowest BCUT2D eigenvalue weighted by atomic mass is 9.92. The molecule has 4 heteroatoms.